The van der Waals surface area contributed by atoms with Crippen LogP contribution in [0.3, 0.4) is 0 Å². The van der Waals surface area contributed by atoms with E-state index in [2.05, 4.69) is 10.2 Å². The molecule has 1 aromatic heterocycles. The molecule has 0 saturated heterocycles. The zero-order valence-electron chi connectivity index (χ0n) is 7.28. The van der Waals surface area contributed by atoms with Crippen molar-refractivity contribution in [3.8, 4) is 0 Å². The monoisotopic (exact) mass is 171 g/mol. The van der Waals surface area contributed by atoms with Crippen LogP contribution in [0, 0.1) is 0 Å². The van der Waals surface area contributed by atoms with E-state index >= 15 is 0 Å². The fourth-order valence-electron chi connectivity index (χ4n) is 0.698. The van der Waals surface area contributed by atoms with Gasteiger partial charge in [0.2, 0.25) is 11.8 Å². The quantitative estimate of drug-likeness (QED) is 0.719. The maximum Gasteiger partial charge on any atom is 0.242 e. The second-order valence-electron chi connectivity index (χ2n) is 2.46. The molecule has 0 amide bonds. The first-order chi connectivity index (χ1) is 5.74. The molecule has 2 N–H and O–H groups in total. The first kappa shape index (κ1) is 9.15. The Balaban J connectivity index is 2.52. The van der Waals surface area contributed by atoms with Crippen molar-refractivity contribution < 1.29 is 9.15 Å². The van der Waals surface area contributed by atoms with Crippen LogP contribution in [0.1, 0.15) is 31.7 Å². The molecule has 0 bridgehead atoms. The highest BCUT2D eigenvalue weighted by atomic mass is 16.5. The number of nitrogens with zero attached hydrogens (tertiary/aromatic N) is 2. The molecule has 1 aromatic rings. The minimum absolute atomic E-state index is 0.215. The molecule has 1 atom stereocenters. The molecule has 0 fully saturated rings. The first-order valence-corrected chi connectivity index (χ1v) is 3.89. The van der Waals surface area contributed by atoms with E-state index in [1.165, 1.54) is 0 Å². The summed E-state index contributed by atoms with van der Waals surface area (Å²) in [6.45, 7) is 4.69. The maximum absolute atomic E-state index is 5.52. The summed E-state index contributed by atoms with van der Waals surface area (Å²) < 4.78 is 10.3. The molecule has 5 nitrogen and oxygen atoms in total. The van der Waals surface area contributed by atoms with Gasteiger partial charge in [0, 0.05) is 6.61 Å². The molecule has 0 saturated carbocycles. The van der Waals surface area contributed by atoms with Gasteiger partial charge in [0.1, 0.15) is 6.61 Å². The van der Waals surface area contributed by atoms with Crippen molar-refractivity contribution >= 4 is 0 Å². The van der Waals surface area contributed by atoms with E-state index in [9.17, 15) is 0 Å². The van der Waals surface area contributed by atoms with E-state index in [1.54, 1.807) is 6.92 Å². The van der Waals surface area contributed by atoms with E-state index in [0.29, 0.717) is 25.0 Å². The minimum atomic E-state index is -0.215. The number of hydrogen-bond acceptors (Lipinski definition) is 5. The molecule has 1 heterocycles. The van der Waals surface area contributed by atoms with Crippen LogP contribution >= 0.6 is 0 Å². The highest BCUT2D eigenvalue weighted by molar-refractivity contribution is 4.85. The van der Waals surface area contributed by atoms with Gasteiger partial charge in [-0.2, -0.15) is 0 Å². The predicted octanol–water partition coefficient (Wildman–Crippen LogP) is 0.626. The van der Waals surface area contributed by atoms with Crippen LogP contribution in [-0.4, -0.2) is 16.8 Å². The van der Waals surface area contributed by atoms with Crippen LogP contribution in [0.4, 0.5) is 0 Å². The normalized spacial score (nSPS) is 13.2. The summed E-state index contributed by atoms with van der Waals surface area (Å²) in [4.78, 5) is 0. The zero-order valence-corrected chi connectivity index (χ0v) is 7.28. The van der Waals surface area contributed by atoms with E-state index in [-0.39, 0.29) is 6.04 Å². The Bertz CT molecular complexity index is 234. The SMILES string of the molecule is CCOCc1nnc(C(C)N)o1. The Morgan fingerprint density at radius 2 is 2.33 bits per heavy atom. The van der Waals surface area contributed by atoms with Gasteiger partial charge >= 0.3 is 0 Å². The second kappa shape index (κ2) is 4.18. The van der Waals surface area contributed by atoms with E-state index in [1.807, 2.05) is 6.92 Å². The standard InChI is InChI=1S/C7H13N3O2/c1-3-11-4-6-9-10-7(12-6)5(2)8/h5H,3-4,8H2,1-2H3. The number of nitrogens with two attached hydrogens (primary N) is 1. The lowest BCUT2D eigenvalue weighted by molar-refractivity contribution is 0.113. The molecule has 0 aromatic carbocycles. The molecule has 0 radical (unpaired) electrons. The van der Waals surface area contributed by atoms with Crippen molar-refractivity contribution in [2.75, 3.05) is 6.61 Å². The molecular formula is C7H13N3O2. The lowest BCUT2D eigenvalue weighted by Crippen LogP contribution is -2.04. The van der Waals surface area contributed by atoms with Crippen molar-refractivity contribution in [3.63, 3.8) is 0 Å². The van der Waals surface area contributed by atoms with Gasteiger partial charge in [0.05, 0.1) is 6.04 Å². The van der Waals surface area contributed by atoms with Crippen LogP contribution < -0.4 is 5.73 Å². The molecule has 1 rings (SSSR count). The molecule has 12 heavy (non-hydrogen) atoms. The average molecular weight is 171 g/mol. The van der Waals surface area contributed by atoms with Gasteiger partial charge in [-0.1, -0.05) is 0 Å². The first-order valence-electron chi connectivity index (χ1n) is 3.89. The van der Waals surface area contributed by atoms with Crippen molar-refractivity contribution in [2.24, 2.45) is 5.73 Å². The van der Waals surface area contributed by atoms with Gasteiger partial charge in [-0.25, -0.2) is 0 Å². The van der Waals surface area contributed by atoms with Gasteiger partial charge < -0.3 is 14.9 Å². The Morgan fingerprint density at radius 1 is 1.58 bits per heavy atom. The van der Waals surface area contributed by atoms with E-state index < -0.39 is 0 Å². The maximum atomic E-state index is 5.52. The van der Waals surface area contributed by atoms with Crippen LogP contribution in [0.5, 0.6) is 0 Å². The third kappa shape index (κ3) is 2.28. The smallest absolute Gasteiger partial charge is 0.242 e. The lowest BCUT2D eigenvalue weighted by Gasteiger charge is -1.95. The Labute approximate surface area is 70.9 Å². The summed E-state index contributed by atoms with van der Waals surface area (Å²) in [5.74, 6) is 0.925. The number of ether oxygens (including phenoxy) is 1. The van der Waals surface area contributed by atoms with Crippen molar-refractivity contribution in [1.82, 2.24) is 10.2 Å². The fraction of sp³-hybridized carbons (Fsp3) is 0.714. The van der Waals surface area contributed by atoms with Gasteiger partial charge in [-0.15, -0.1) is 10.2 Å². The molecular weight excluding hydrogens is 158 g/mol. The van der Waals surface area contributed by atoms with Crippen LogP contribution in [-0.2, 0) is 11.3 Å². The number of hydrogen-bond donors (Lipinski definition) is 1. The largest absolute Gasteiger partial charge is 0.421 e. The second-order valence-corrected chi connectivity index (χ2v) is 2.46. The number of aromatic nitrogens is 2. The Hall–Kier alpha value is -0.940. The Morgan fingerprint density at radius 3 is 2.83 bits per heavy atom. The molecule has 5 heteroatoms. The van der Waals surface area contributed by atoms with Gasteiger partial charge in [0.25, 0.3) is 0 Å². The van der Waals surface area contributed by atoms with Crippen LogP contribution in [0.15, 0.2) is 4.42 Å². The third-order valence-corrected chi connectivity index (χ3v) is 1.30. The van der Waals surface area contributed by atoms with Crippen molar-refractivity contribution in [1.29, 1.82) is 0 Å². The summed E-state index contributed by atoms with van der Waals surface area (Å²) in [7, 11) is 0. The summed E-state index contributed by atoms with van der Waals surface area (Å²) in [5.41, 5.74) is 5.52. The van der Waals surface area contributed by atoms with Crippen LogP contribution in [0.25, 0.3) is 0 Å². The van der Waals surface area contributed by atoms with Crippen molar-refractivity contribution in [2.45, 2.75) is 26.5 Å². The summed E-state index contributed by atoms with van der Waals surface area (Å²) in [5, 5.41) is 7.50. The van der Waals surface area contributed by atoms with Gasteiger partial charge in [0.15, 0.2) is 0 Å². The fourth-order valence-corrected chi connectivity index (χ4v) is 0.698. The number of rotatable bonds is 4. The molecule has 0 spiro atoms. The third-order valence-electron chi connectivity index (χ3n) is 1.30. The van der Waals surface area contributed by atoms with E-state index in [0.717, 1.165) is 0 Å². The zero-order chi connectivity index (χ0) is 8.97. The van der Waals surface area contributed by atoms with Gasteiger partial charge in [-0.05, 0) is 13.8 Å². The summed E-state index contributed by atoms with van der Waals surface area (Å²) >= 11 is 0. The van der Waals surface area contributed by atoms with Gasteiger partial charge in [-0.3, -0.25) is 0 Å². The molecule has 68 valence electrons. The van der Waals surface area contributed by atoms with Crippen LogP contribution in [0.2, 0.25) is 0 Å². The van der Waals surface area contributed by atoms with E-state index in [4.69, 9.17) is 14.9 Å². The molecule has 0 aliphatic rings. The molecule has 0 aliphatic heterocycles. The summed E-state index contributed by atoms with van der Waals surface area (Å²) in [6.07, 6.45) is 0. The minimum Gasteiger partial charge on any atom is -0.421 e. The topological polar surface area (TPSA) is 74.2 Å². The molecule has 0 aliphatic carbocycles. The van der Waals surface area contributed by atoms with Crippen molar-refractivity contribution in [3.05, 3.63) is 11.8 Å². The highest BCUT2D eigenvalue weighted by Gasteiger charge is 2.08. The highest BCUT2D eigenvalue weighted by Crippen LogP contribution is 2.07. The molecule has 1 unspecified atom stereocenters. The Kier molecular flexibility index (Phi) is 3.19. The lowest BCUT2D eigenvalue weighted by atomic mass is 10.4. The predicted molar refractivity (Wildman–Crippen MR) is 42.2 cm³/mol. The summed E-state index contributed by atoms with van der Waals surface area (Å²) in [6, 6.07) is -0.215. The average Bonchev–Trinajstić information content (AvgIpc) is 2.48.